The number of hydrogen-bond donors (Lipinski definition) is 0. The molecule has 1 aliphatic rings. The maximum Gasteiger partial charge on any atom is 0.296 e. The highest BCUT2D eigenvalue weighted by atomic mass is 16.5. The first-order chi connectivity index (χ1) is 19.4. The molecule has 3 aromatic carbocycles. The molecule has 1 unspecified atom stereocenters. The molecule has 1 aliphatic heterocycles. The molecule has 6 rings (SSSR count). The maximum absolute atomic E-state index is 14.0. The van der Waals surface area contributed by atoms with E-state index in [2.05, 4.69) is 4.98 Å². The van der Waals surface area contributed by atoms with Gasteiger partial charge in [0.15, 0.2) is 16.9 Å². The minimum atomic E-state index is -0.767. The molecule has 0 bridgehead atoms. The molecule has 2 aromatic heterocycles. The van der Waals surface area contributed by atoms with Gasteiger partial charge in [0.25, 0.3) is 5.91 Å². The van der Waals surface area contributed by atoms with Gasteiger partial charge in [-0.3, -0.25) is 14.5 Å². The zero-order valence-electron chi connectivity index (χ0n) is 22.7. The lowest BCUT2D eigenvalue weighted by Gasteiger charge is -2.25. The molecule has 200 valence electrons. The molecular formula is C33H28N2O5. The topological polar surface area (TPSA) is 81.9 Å². The van der Waals surface area contributed by atoms with Crippen molar-refractivity contribution in [2.75, 3.05) is 12.0 Å². The minimum Gasteiger partial charge on any atom is -0.493 e. The molecule has 0 radical (unpaired) electrons. The first-order valence-corrected chi connectivity index (χ1v) is 13.0. The standard InChI is InChI=1S/C33H28N2O5/c1-19-12-13-34-28(14-19)35-30(23-10-11-25(27(17-23)38-4)39-18-22-8-6-5-7-9-22)29-31(36)24-15-20(2)21(3)16-26(24)40-32(29)33(35)37/h5-17,30H,18H2,1-4H3. The first kappa shape index (κ1) is 25.4. The Balaban J connectivity index is 1.51. The van der Waals surface area contributed by atoms with Crippen molar-refractivity contribution in [3.63, 3.8) is 0 Å². The van der Waals surface area contributed by atoms with Gasteiger partial charge in [0.05, 0.1) is 24.1 Å². The van der Waals surface area contributed by atoms with E-state index in [1.807, 2.05) is 81.4 Å². The largest absolute Gasteiger partial charge is 0.493 e. The molecule has 5 aromatic rings. The summed E-state index contributed by atoms with van der Waals surface area (Å²) in [7, 11) is 1.56. The summed E-state index contributed by atoms with van der Waals surface area (Å²) in [6.07, 6.45) is 1.65. The maximum atomic E-state index is 14.0. The van der Waals surface area contributed by atoms with Crippen molar-refractivity contribution in [3.8, 4) is 11.5 Å². The second-order valence-corrected chi connectivity index (χ2v) is 10.1. The molecule has 0 spiro atoms. The van der Waals surface area contributed by atoms with Crippen LogP contribution in [0.2, 0.25) is 0 Å². The SMILES string of the molecule is COc1cc(C2c3c(oc4cc(C)c(C)cc4c3=O)C(=O)N2c2cc(C)ccn2)ccc1OCc1ccccc1. The summed E-state index contributed by atoms with van der Waals surface area (Å²) in [5, 5.41) is 0.438. The van der Waals surface area contributed by atoms with Crippen molar-refractivity contribution in [1.29, 1.82) is 0 Å². The fraction of sp³-hybridized carbons (Fsp3) is 0.182. The van der Waals surface area contributed by atoms with Crippen molar-refractivity contribution in [3.05, 3.63) is 128 Å². The van der Waals surface area contributed by atoms with Gasteiger partial charge < -0.3 is 13.9 Å². The van der Waals surface area contributed by atoms with Crippen LogP contribution >= 0.6 is 0 Å². The normalized spacial score (nSPS) is 14.4. The Labute approximate surface area is 231 Å². The predicted molar refractivity (Wildman–Crippen MR) is 153 cm³/mol. The van der Waals surface area contributed by atoms with Gasteiger partial charge >= 0.3 is 0 Å². The number of pyridine rings is 1. The average molecular weight is 533 g/mol. The van der Waals surface area contributed by atoms with Gasteiger partial charge in [0, 0.05) is 6.20 Å². The van der Waals surface area contributed by atoms with E-state index in [-0.39, 0.29) is 16.8 Å². The Morgan fingerprint density at radius 1 is 0.900 bits per heavy atom. The van der Waals surface area contributed by atoms with Crippen molar-refractivity contribution in [2.45, 2.75) is 33.4 Å². The van der Waals surface area contributed by atoms with Crippen LogP contribution in [-0.2, 0) is 6.61 Å². The predicted octanol–water partition coefficient (Wildman–Crippen LogP) is 6.45. The van der Waals surface area contributed by atoms with Crippen LogP contribution in [0.15, 0.2) is 88.2 Å². The number of rotatable bonds is 6. The molecule has 0 saturated heterocycles. The Morgan fingerprint density at radius 3 is 2.42 bits per heavy atom. The second-order valence-electron chi connectivity index (χ2n) is 10.1. The summed E-state index contributed by atoms with van der Waals surface area (Å²) in [4.78, 5) is 34.0. The van der Waals surface area contributed by atoms with E-state index in [1.54, 1.807) is 25.4 Å². The zero-order valence-corrected chi connectivity index (χ0v) is 22.7. The number of carbonyl (C=O) groups is 1. The Bertz CT molecular complexity index is 1830. The molecule has 0 saturated carbocycles. The van der Waals surface area contributed by atoms with Crippen LogP contribution in [0.5, 0.6) is 11.5 Å². The van der Waals surface area contributed by atoms with Crippen LogP contribution in [0.3, 0.4) is 0 Å². The summed E-state index contributed by atoms with van der Waals surface area (Å²) in [5.74, 6) is 1.08. The third kappa shape index (κ3) is 4.29. The van der Waals surface area contributed by atoms with E-state index in [0.717, 1.165) is 22.3 Å². The van der Waals surface area contributed by atoms with Gasteiger partial charge in [-0.2, -0.15) is 0 Å². The molecule has 3 heterocycles. The molecule has 7 heteroatoms. The first-order valence-electron chi connectivity index (χ1n) is 13.0. The number of ether oxygens (including phenoxy) is 2. The number of methoxy groups -OCH3 is 1. The summed E-state index contributed by atoms with van der Waals surface area (Å²) >= 11 is 0. The van der Waals surface area contributed by atoms with E-state index in [0.29, 0.717) is 40.5 Å². The molecular weight excluding hydrogens is 504 g/mol. The van der Waals surface area contributed by atoms with Crippen LogP contribution in [0.25, 0.3) is 11.0 Å². The lowest BCUT2D eigenvalue weighted by atomic mass is 9.97. The van der Waals surface area contributed by atoms with Crippen molar-refractivity contribution < 1.29 is 18.7 Å². The average Bonchev–Trinajstić information content (AvgIpc) is 3.25. The number of aromatic nitrogens is 1. The molecule has 0 fully saturated rings. The fourth-order valence-electron chi connectivity index (χ4n) is 5.14. The number of nitrogens with zero attached hydrogens (tertiary/aromatic N) is 2. The van der Waals surface area contributed by atoms with Crippen molar-refractivity contribution >= 4 is 22.7 Å². The van der Waals surface area contributed by atoms with Gasteiger partial charge in [0.2, 0.25) is 5.76 Å². The molecule has 40 heavy (non-hydrogen) atoms. The monoisotopic (exact) mass is 532 g/mol. The minimum absolute atomic E-state index is 0.0254. The van der Waals surface area contributed by atoms with Gasteiger partial charge in [-0.25, -0.2) is 4.98 Å². The number of hydrogen-bond acceptors (Lipinski definition) is 6. The number of carbonyl (C=O) groups excluding carboxylic acids is 1. The molecule has 1 amide bonds. The summed E-state index contributed by atoms with van der Waals surface area (Å²) < 4.78 is 17.9. The fourth-order valence-corrected chi connectivity index (χ4v) is 5.14. The van der Waals surface area contributed by atoms with Crippen molar-refractivity contribution in [1.82, 2.24) is 4.98 Å². The van der Waals surface area contributed by atoms with E-state index in [1.165, 1.54) is 4.90 Å². The summed E-state index contributed by atoms with van der Waals surface area (Å²) in [6, 6.07) is 21.9. The van der Waals surface area contributed by atoms with E-state index in [4.69, 9.17) is 13.9 Å². The summed E-state index contributed by atoms with van der Waals surface area (Å²) in [6.45, 7) is 6.20. The third-order valence-electron chi connectivity index (χ3n) is 7.37. The van der Waals surface area contributed by atoms with Crippen LogP contribution in [0.1, 0.15) is 50.0 Å². The molecule has 0 aliphatic carbocycles. The quantitative estimate of drug-likeness (QED) is 0.250. The Kier molecular flexibility index (Phi) is 6.34. The van der Waals surface area contributed by atoms with E-state index < -0.39 is 11.9 Å². The lowest BCUT2D eigenvalue weighted by molar-refractivity contribution is 0.0970. The van der Waals surface area contributed by atoms with Crippen LogP contribution in [-0.4, -0.2) is 18.0 Å². The van der Waals surface area contributed by atoms with Gasteiger partial charge in [-0.15, -0.1) is 0 Å². The number of aryl methyl sites for hydroxylation is 3. The third-order valence-corrected chi connectivity index (χ3v) is 7.37. The Hall–Kier alpha value is -4.91. The van der Waals surface area contributed by atoms with Crippen LogP contribution in [0.4, 0.5) is 5.82 Å². The van der Waals surface area contributed by atoms with E-state index >= 15 is 0 Å². The summed E-state index contributed by atoms with van der Waals surface area (Å²) in [5.41, 5.74) is 5.02. The van der Waals surface area contributed by atoms with E-state index in [9.17, 15) is 9.59 Å². The highest BCUT2D eigenvalue weighted by Crippen LogP contribution is 2.43. The molecule has 0 N–H and O–H groups in total. The molecule has 7 nitrogen and oxygen atoms in total. The lowest BCUT2D eigenvalue weighted by Crippen LogP contribution is -2.30. The number of fused-ring (bicyclic) bond motifs is 2. The van der Waals surface area contributed by atoms with Crippen LogP contribution < -0.4 is 19.8 Å². The van der Waals surface area contributed by atoms with Gasteiger partial charge in [-0.05, 0) is 85.0 Å². The van der Waals surface area contributed by atoms with Crippen molar-refractivity contribution in [2.24, 2.45) is 0 Å². The number of amides is 1. The highest BCUT2D eigenvalue weighted by Gasteiger charge is 2.44. The number of benzene rings is 3. The molecule has 1 atom stereocenters. The van der Waals surface area contributed by atoms with Gasteiger partial charge in [-0.1, -0.05) is 36.4 Å². The number of anilines is 1. The second kappa shape index (κ2) is 10.0. The van der Waals surface area contributed by atoms with Crippen LogP contribution in [0, 0.1) is 20.8 Å². The smallest absolute Gasteiger partial charge is 0.296 e. The van der Waals surface area contributed by atoms with Gasteiger partial charge in [0.1, 0.15) is 18.0 Å². The Morgan fingerprint density at radius 2 is 1.68 bits per heavy atom. The zero-order chi connectivity index (χ0) is 28.0. The highest BCUT2D eigenvalue weighted by molar-refractivity contribution is 6.10.